The molecular weight excluding hydrogens is 232 g/mol. The second kappa shape index (κ2) is 8.72. The molecular formula is C14H24O4. The quantitative estimate of drug-likeness (QED) is 0.495. The van der Waals surface area contributed by atoms with Crippen LogP contribution in [-0.2, 0) is 19.1 Å². The average Bonchev–Trinajstić information content (AvgIpc) is 2.28. The third-order valence-electron chi connectivity index (χ3n) is 2.57. The largest absolute Gasteiger partial charge is 0.458 e. The maximum Gasteiger partial charge on any atom is 0.306 e. The molecule has 0 saturated carbocycles. The van der Waals surface area contributed by atoms with E-state index in [2.05, 4.69) is 6.58 Å². The predicted octanol–water partition coefficient (Wildman–Crippen LogP) is 3.01. The highest BCUT2D eigenvalue weighted by Crippen LogP contribution is 2.14. The summed E-state index contributed by atoms with van der Waals surface area (Å²) in [6.45, 7) is 11.1. The second-order valence-electron chi connectivity index (χ2n) is 4.34. The fraction of sp³-hybridized carbons (Fsp3) is 0.714. The molecule has 2 atom stereocenters. The Morgan fingerprint density at radius 2 is 1.28 bits per heavy atom. The second-order valence-corrected chi connectivity index (χ2v) is 4.34. The number of carbonyl (C=O) groups excluding carboxylic acids is 2. The third-order valence-corrected chi connectivity index (χ3v) is 2.57. The lowest BCUT2D eigenvalue weighted by atomic mass is 10.1. The van der Waals surface area contributed by atoms with Crippen molar-refractivity contribution < 1.29 is 19.1 Å². The third kappa shape index (κ3) is 6.42. The van der Waals surface area contributed by atoms with Crippen molar-refractivity contribution in [3.05, 3.63) is 12.2 Å². The zero-order valence-corrected chi connectivity index (χ0v) is 11.8. The molecule has 0 aromatic rings. The van der Waals surface area contributed by atoms with Gasteiger partial charge in [-0.2, -0.15) is 0 Å². The van der Waals surface area contributed by atoms with Crippen LogP contribution >= 0.6 is 0 Å². The van der Waals surface area contributed by atoms with Gasteiger partial charge in [0.05, 0.1) is 0 Å². The maximum absolute atomic E-state index is 11.3. The van der Waals surface area contributed by atoms with E-state index in [0.29, 0.717) is 18.4 Å². The first-order valence-electron chi connectivity index (χ1n) is 6.49. The van der Waals surface area contributed by atoms with Gasteiger partial charge in [0.1, 0.15) is 12.2 Å². The fourth-order valence-electron chi connectivity index (χ4n) is 1.40. The summed E-state index contributed by atoms with van der Waals surface area (Å²) in [5.41, 5.74) is 0.601. The molecule has 0 aliphatic heterocycles. The van der Waals surface area contributed by atoms with E-state index < -0.39 is 12.2 Å². The Morgan fingerprint density at radius 3 is 1.56 bits per heavy atom. The molecule has 0 fully saturated rings. The summed E-state index contributed by atoms with van der Waals surface area (Å²) in [7, 11) is 0. The molecule has 4 heteroatoms. The van der Waals surface area contributed by atoms with Crippen LogP contribution in [0.15, 0.2) is 12.2 Å². The Bertz CT molecular complexity index is 268. The molecule has 0 spiro atoms. The van der Waals surface area contributed by atoms with Gasteiger partial charge in [-0.05, 0) is 26.7 Å². The van der Waals surface area contributed by atoms with Crippen LogP contribution in [0.2, 0.25) is 0 Å². The number of carbonyl (C=O) groups is 2. The van der Waals surface area contributed by atoms with E-state index in [9.17, 15) is 9.59 Å². The number of ether oxygens (including phenoxy) is 2. The summed E-state index contributed by atoms with van der Waals surface area (Å²) in [6, 6.07) is 0. The highest BCUT2D eigenvalue weighted by molar-refractivity contribution is 5.70. The summed E-state index contributed by atoms with van der Waals surface area (Å²) in [6.07, 6.45) is 1.41. The zero-order chi connectivity index (χ0) is 14.1. The first kappa shape index (κ1) is 16.7. The van der Waals surface area contributed by atoms with Crippen molar-refractivity contribution in [3.63, 3.8) is 0 Å². The summed E-state index contributed by atoms with van der Waals surface area (Å²) in [5, 5.41) is 0. The molecule has 2 unspecified atom stereocenters. The molecule has 0 N–H and O–H groups in total. The van der Waals surface area contributed by atoms with Crippen LogP contribution in [0.25, 0.3) is 0 Å². The van der Waals surface area contributed by atoms with E-state index in [1.807, 2.05) is 13.8 Å². The molecule has 0 rings (SSSR count). The van der Waals surface area contributed by atoms with E-state index in [0.717, 1.165) is 12.8 Å². The molecule has 0 aromatic heterocycles. The lowest BCUT2D eigenvalue weighted by Gasteiger charge is -2.21. The smallest absolute Gasteiger partial charge is 0.306 e. The molecule has 0 amide bonds. The molecule has 18 heavy (non-hydrogen) atoms. The Kier molecular flexibility index (Phi) is 8.08. The highest BCUT2D eigenvalue weighted by atomic mass is 16.6. The molecule has 0 saturated heterocycles. The van der Waals surface area contributed by atoms with Gasteiger partial charge in [0.25, 0.3) is 0 Å². The molecule has 0 aliphatic rings. The Labute approximate surface area is 109 Å². The van der Waals surface area contributed by atoms with Crippen molar-refractivity contribution in [1.29, 1.82) is 0 Å². The summed E-state index contributed by atoms with van der Waals surface area (Å²) >= 11 is 0. The SMILES string of the molecule is C=C(C(C)OC(=O)CCC)C(C)OC(=O)CCC. The van der Waals surface area contributed by atoms with Gasteiger partial charge in [0.15, 0.2) is 0 Å². The summed E-state index contributed by atoms with van der Waals surface area (Å²) < 4.78 is 10.4. The van der Waals surface area contributed by atoms with Crippen molar-refractivity contribution in [3.8, 4) is 0 Å². The van der Waals surface area contributed by atoms with Crippen LogP contribution in [0.3, 0.4) is 0 Å². The van der Waals surface area contributed by atoms with E-state index in [4.69, 9.17) is 9.47 Å². The van der Waals surface area contributed by atoms with Gasteiger partial charge in [-0.3, -0.25) is 9.59 Å². The Balaban J connectivity index is 4.19. The molecule has 0 heterocycles. The first-order valence-corrected chi connectivity index (χ1v) is 6.49. The first-order chi connectivity index (χ1) is 8.42. The lowest BCUT2D eigenvalue weighted by molar-refractivity contribution is -0.149. The highest BCUT2D eigenvalue weighted by Gasteiger charge is 2.20. The number of hydrogen-bond donors (Lipinski definition) is 0. The summed E-state index contributed by atoms with van der Waals surface area (Å²) in [5.74, 6) is -0.503. The Hall–Kier alpha value is -1.32. The van der Waals surface area contributed by atoms with Gasteiger partial charge in [0.2, 0.25) is 0 Å². The van der Waals surface area contributed by atoms with Gasteiger partial charge in [-0.15, -0.1) is 0 Å². The van der Waals surface area contributed by atoms with E-state index in [1.54, 1.807) is 13.8 Å². The standard InChI is InChI=1S/C14H24O4/c1-6-8-13(15)17-11(4)10(3)12(5)18-14(16)9-7-2/h11-12H,3,6-9H2,1-2,4-5H3. The van der Waals surface area contributed by atoms with Crippen molar-refractivity contribution in [2.24, 2.45) is 0 Å². The minimum atomic E-state index is -0.437. The van der Waals surface area contributed by atoms with Crippen LogP contribution < -0.4 is 0 Å². The normalized spacial score (nSPS) is 13.6. The predicted molar refractivity (Wildman–Crippen MR) is 70.1 cm³/mol. The van der Waals surface area contributed by atoms with Crippen molar-refractivity contribution in [2.75, 3.05) is 0 Å². The number of hydrogen-bond acceptors (Lipinski definition) is 4. The van der Waals surface area contributed by atoms with Crippen LogP contribution in [0.4, 0.5) is 0 Å². The van der Waals surface area contributed by atoms with Crippen molar-refractivity contribution >= 4 is 11.9 Å². The van der Waals surface area contributed by atoms with Crippen LogP contribution in [-0.4, -0.2) is 24.1 Å². The topological polar surface area (TPSA) is 52.6 Å². The van der Waals surface area contributed by atoms with E-state index in [-0.39, 0.29) is 11.9 Å². The minimum absolute atomic E-state index is 0.252. The van der Waals surface area contributed by atoms with Gasteiger partial charge < -0.3 is 9.47 Å². The maximum atomic E-state index is 11.3. The van der Waals surface area contributed by atoms with Gasteiger partial charge in [-0.1, -0.05) is 20.4 Å². The van der Waals surface area contributed by atoms with Crippen LogP contribution in [0.1, 0.15) is 53.4 Å². The fourth-order valence-corrected chi connectivity index (χ4v) is 1.40. The molecule has 0 radical (unpaired) electrons. The Morgan fingerprint density at radius 1 is 0.944 bits per heavy atom. The summed E-state index contributed by atoms with van der Waals surface area (Å²) in [4.78, 5) is 22.7. The van der Waals surface area contributed by atoms with Gasteiger partial charge in [-0.25, -0.2) is 0 Å². The average molecular weight is 256 g/mol. The van der Waals surface area contributed by atoms with E-state index in [1.165, 1.54) is 0 Å². The van der Waals surface area contributed by atoms with Crippen molar-refractivity contribution in [1.82, 2.24) is 0 Å². The monoisotopic (exact) mass is 256 g/mol. The minimum Gasteiger partial charge on any atom is -0.458 e. The van der Waals surface area contributed by atoms with Crippen LogP contribution in [0.5, 0.6) is 0 Å². The molecule has 0 bridgehead atoms. The molecule has 104 valence electrons. The van der Waals surface area contributed by atoms with E-state index >= 15 is 0 Å². The van der Waals surface area contributed by atoms with Crippen molar-refractivity contribution in [2.45, 2.75) is 65.6 Å². The van der Waals surface area contributed by atoms with Gasteiger partial charge in [0, 0.05) is 18.4 Å². The van der Waals surface area contributed by atoms with Crippen LogP contribution in [0, 0.1) is 0 Å². The molecule has 0 aliphatic carbocycles. The molecule has 0 aromatic carbocycles. The number of esters is 2. The molecule has 4 nitrogen and oxygen atoms in total. The lowest BCUT2D eigenvalue weighted by Crippen LogP contribution is -2.26. The number of rotatable bonds is 8. The zero-order valence-electron chi connectivity index (χ0n) is 11.8. The van der Waals surface area contributed by atoms with Gasteiger partial charge >= 0.3 is 11.9 Å².